The highest BCUT2D eigenvalue weighted by atomic mass is 16.3. The van der Waals surface area contributed by atoms with Gasteiger partial charge in [0.05, 0.1) is 12.3 Å². The fraction of sp³-hybridized carbons (Fsp3) is 0. The molecule has 38 valence electrons. The van der Waals surface area contributed by atoms with Gasteiger partial charge in [-0.15, -0.1) is 0 Å². The Balaban J connectivity index is 3.06. The van der Waals surface area contributed by atoms with Crippen LogP contribution in [0.15, 0.2) is 16.9 Å². The molecular formula is C5H2N2O. The van der Waals surface area contributed by atoms with Crippen molar-refractivity contribution >= 4 is 5.71 Å². The van der Waals surface area contributed by atoms with E-state index >= 15 is 0 Å². The molecule has 0 aliphatic heterocycles. The maximum Gasteiger partial charge on any atom is 0.230 e. The molecule has 0 amide bonds. The lowest BCUT2D eigenvalue weighted by atomic mass is 10.7. The molecule has 0 saturated heterocycles. The quantitative estimate of drug-likeness (QED) is 0.490. The molecule has 0 aromatic carbocycles. The molecule has 0 aliphatic carbocycles. The van der Waals surface area contributed by atoms with E-state index in [1.54, 1.807) is 0 Å². The zero-order valence-electron chi connectivity index (χ0n) is 3.96. The van der Waals surface area contributed by atoms with Gasteiger partial charge in [0.2, 0.25) is 5.71 Å². The fourth-order valence-corrected chi connectivity index (χ4v) is 0.563. The van der Waals surface area contributed by atoms with Crippen LogP contribution in [0.1, 0.15) is 0 Å². The van der Waals surface area contributed by atoms with E-state index in [4.69, 9.17) is 4.42 Å². The van der Waals surface area contributed by atoms with Crippen LogP contribution in [0.5, 0.6) is 0 Å². The minimum Gasteiger partial charge on any atom is -0.444 e. The maximum atomic E-state index is 4.85. The third kappa shape index (κ3) is 0.307. The van der Waals surface area contributed by atoms with Crippen LogP contribution in [-0.2, 0) is 0 Å². The van der Waals surface area contributed by atoms with Gasteiger partial charge in [-0.2, -0.15) is 9.61 Å². The van der Waals surface area contributed by atoms with Crippen molar-refractivity contribution in [3.63, 3.8) is 0 Å². The molecule has 0 N–H and O–H groups in total. The highest BCUT2D eigenvalue weighted by Gasteiger charge is 1.91. The fourth-order valence-electron chi connectivity index (χ4n) is 0.563. The lowest BCUT2D eigenvalue weighted by Gasteiger charge is -1.69. The number of nitrogens with zero attached hydrogens (tertiary/aromatic N) is 2. The van der Waals surface area contributed by atoms with Gasteiger partial charge in [-0.05, 0) is 0 Å². The summed E-state index contributed by atoms with van der Waals surface area (Å²) in [7, 11) is 0. The van der Waals surface area contributed by atoms with Gasteiger partial charge in [0, 0.05) is 0 Å². The second-order valence-electron chi connectivity index (χ2n) is 1.37. The van der Waals surface area contributed by atoms with Gasteiger partial charge < -0.3 is 4.42 Å². The predicted octanol–water partition coefficient (Wildman–Crippen LogP) is 0.528. The highest BCUT2D eigenvalue weighted by Crippen LogP contribution is 1.97. The first kappa shape index (κ1) is 3.72. The van der Waals surface area contributed by atoms with Crippen LogP contribution in [0.3, 0.4) is 0 Å². The third-order valence-corrected chi connectivity index (χ3v) is 0.899. The number of hydrogen-bond donors (Lipinski definition) is 0. The average Bonchev–Trinajstić information content (AvgIpc) is 2.15. The monoisotopic (exact) mass is 106 g/mol. The molecule has 2 aromatic heterocycles. The Labute approximate surface area is 45.5 Å². The molecule has 2 rings (SSSR count). The van der Waals surface area contributed by atoms with E-state index in [0.29, 0.717) is 5.71 Å². The molecule has 0 saturated carbocycles. The molecule has 2 heterocycles. The Hall–Kier alpha value is -1.25. The summed E-state index contributed by atoms with van der Waals surface area (Å²) in [6, 6.07) is 2.75. The largest absolute Gasteiger partial charge is 0.444 e. The summed E-state index contributed by atoms with van der Waals surface area (Å²) in [5.74, 6) is 0. The van der Waals surface area contributed by atoms with Crippen molar-refractivity contribution in [1.82, 2.24) is 9.61 Å². The first-order valence-corrected chi connectivity index (χ1v) is 2.17. The van der Waals surface area contributed by atoms with Crippen molar-refractivity contribution in [3.8, 4) is 0 Å². The van der Waals surface area contributed by atoms with Crippen LogP contribution in [0.25, 0.3) is 5.71 Å². The van der Waals surface area contributed by atoms with Crippen LogP contribution in [-0.4, -0.2) is 9.61 Å². The van der Waals surface area contributed by atoms with Crippen molar-refractivity contribution in [3.05, 3.63) is 24.7 Å². The molecule has 0 spiro atoms. The maximum absolute atomic E-state index is 4.85. The van der Waals surface area contributed by atoms with Gasteiger partial charge in [-0.1, -0.05) is 0 Å². The minimum absolute atomic E-state index is 0.602. The third-order valence-electron chi connectivity index (χ3n) is 0.899. The summed E-state index contributed by atoms with van der Waals surface area (Å²) >= 11 is 0. The van der Waals surface area contributed by atoms with Crippen LogP contribution in [0.2, 0.25) is 0 Å². The standard InChI is InChI=1S/C5H2N2O/c1-2-6-7-3-4-8-5(1)7/h2,4H. The summed E-state index contributed by atoms with van der Waals surface area (Å²) in [4.78, 5) is 0. The Morgan fingerprint density at radius 3 is 3.62 bits per heavy atom. The van der Waals surface area contributed by atoms with Crippen LogP contribution >= 0.6 is 0 Å². The van der Waals surface area contributed by atoms with E-state index < -0.39 is 0 Å². The molecule has 0 aliphatic rings. The van der Waals surface area contributed by atoms with Gasteiger partial charge in [0.1, 0.15) is 12.5 Å². The number of aromatic nitrogens is 2. The highest BCUT2D eigenvalue weighted by molar-refractivity contribution is 5.27. The first-order valence-electron chi connectivity index (χ1n) is 2.17. The van der Waals surface area contributed by atoms with Crippen molar-refractivity contribution in [2.75, 3.05) is 0 Å². The number of oxazole rings is 1. The van der Waals surface area contributed by atoms with E-state index in [9.17, 15) is 0 Å². The smallest absolute Gasteiger partial charge is 0.230 e. The minimum atomic E-state index is 0.602. The molecule has 0 fully saturated rings. The zero-order chi connectivity index (χ0) is 5.40. The van der Waals surface area contributed by atoms with Crippen molar-refractivity contribution in [2.45, 2.75) is 0 Å². The molecule has 3 heteroatoms. The van der Waals surface area contributed by atoms with Gasteiger partial charge in [-0.25, -0.2) is 0 Å². The van der Waals surface area contributed by atoms with E-state index in [0.717, 1.165) is 0 Å². The average molecular weight is 106 g/mol. The Morgan fingerprint density at radius 2 is 2.75 bits per heavy atom. The summed E-state index contributed by atoms with van der Waals surface area (Å²) in [6.07, 6.45) is 5.69. The van der Waals surface area contributed by atoms with Gasteiger partial charge in [0.15, 0.2) is 0 Å². The van der Waals surface area contributed by atoms with E-state index in [1.807, 2.05) is 0 Å². The Kier molecular flexibility index (Phi) is 0.521. The SMILES string of the molecule is [c]1cnn2[c]coc12. The zero-order valence-corrected chi connectivity index (χ0v) is 3.96. The Bertz CT molecular complexity index is 232. The molecule has 3 nitrogen and oxygen atoms in total. The summed E-state index contributed by atoms with van der Waals surface area (Å²) in [5, 5.41) is 3.79. The summed E-state index contributed by atoms with van der Waals surface area (Å²) in [6.45, 7) is 0. The molecule has 0 atom stereocenters. The van der Waals surface area contributed by atoms with Crippen LogP contribution < -0.4 is 0 Å². The van der Waals surface area contributed by atoms with Crippen LogP contribution in [0, 0.1) is 12.3 Å². The first-order chi connectivity index (χ1) is 3.97. The topological polar surface area (TPSA) is 30.4 Å². The van der Waals surface area contributed by atoms with Crippen molar-refractivity contribution in [1.29, 1.82) is 0 Å². The van der Waals surface area contributed by atoms with E-state index in [-0.39, 0.29) is 0 Å². The Morgan fingerprint density at radius 1 is 1.75 bits per heavy atom. The second-order valence-corrected chi connectivity index (χ2v) is 1.37. The van der Waals surface area contributed by atoms with E-state index in [1.165, 1.54) is 17.0 Å². The van der Waals surface area contributed by atoms with Gasteiger partial charge >= 0.3 is 0 Å². The molecular weight excluding hydrogens is 104 g/mol. The number of hydrogen-bond acceptors (Lipinski definition) is 2. The predicted molar refractivity (Wildman–Crippen MR) is 25.1 cm³/mol. The summed E-state index contributed by atoms with van der Waals surface area (Å²) < 4.78 is 6.33. The molecule has 2 aromatic rings. The van der Waals surface area contributed by atoms with Crippen molar-refractivity contribution in [2.24, 2.45) is 0 Å². The lowest BCUT2D eigenvalue weighted by Crippen LogP contribution is -1.75. The van der Waals surface area contributed by atoms with E-state index in [2.05, 4.69) is 17.4 Å². The number of fused-ring (bicyclic) bond motifs is 1. The van der Waals surface area contributed by atoms with Crippen LogP contribution in [0.4, 0.5) is 0 Å². The van der Waals surface area contributed by atoms with Gasteiger partial charge in [0.25, 0.3) is 0 Å². The molecule has 2 radical (unpaired) electrons. The number of rotatable bonds is 0. The van der Waals surface area contributed by atoms with Gasteiger partial charge in [-0.3, -0.25) is 0 Å². The lowest BCUT2D eigenvalue weighted by molar-refractivity contribution is 0.605. The molecule has 8 heavy (non-hydrogen) atoms. The normalized spacial score (nSPS) is 10.5. The molecule has 0 bridgehead atoms. The summed E-state index contributed by atoms with van der Waals surface area (Å²) in [5.41, 5.74) is 0.602. The second kappa shape index (κ2) is 1.12. The molecule has 0 unspecified atom stereocenters. The van der Waals surface area contributed by atoms with Crippen molar-refractivity contribution < 1.29 is 4.42 Å².